The summed E-state index contributed by atoms with van der Waals surface area (Å²) in [4.78, 5) is 26.3. The maximum Gasteiger partial charge on any atom is 0.268 e. The highest BCUT2D eigenvalue weighted by Gasteiger charge is 2.11. The molecule has 0 heterocycles. The van der Waals surface area contributed by atoms with Gasteiger partial charge in [0.15, 0.2) is 0 Å². The molecule has 0 spiro atoms. The molecule has 0 fully saturated rings. The number of benzene rings is 1. The number of ether oxygens (including phenoxy) is 1. The summed E-state index contributed by atoms with van der Waals surface area (Å²) in [5, 5.41) is 2.69. The predicted molar refractivity (Wildman–Crippen MR) is 68.3 cm³/mol. The van der Waals surface area contributed by atoms with Gasteiger partial charge in [-0.05, 0) is 5.56 Å². The Hall–Kier alpha value is -2.01. The molecule has 0 aliphatic heterocycles. The van der Waals surface area contributed by atoms with Crippen molar-refractivity contribution in [3.63, 3.8) is 0 Å². The van der Waals surface area contributed by atoms with Gasteiger partial charge in [0, 0.05) is 20.6 Å². The van der Waals surface area contributed by atoms with Gasteiger partial charge in [-0.3, -0.25) is 9.59 Å². The Kier molecular flexibility index (Phi) is 5.73. The SMILES string of the molecule is COC/C(=N\C(C)=O)C(=O)NCc1ccccc1. The van der Waals surface area contributed by atoms with Crippen LogP contribution in [0.25, 0.3) is 0 Å². The Morgan fingerprint density at radius 3 is 2.50 bits per heavy atom. The summed E-state index contributed by atoms with van der Waals surface area (Å²) in [7, 11) is 1.44. The number of nitrogens with zero attached hydrogens (tertiary/aromatic N) is 1. The van der Waals surface area contributed by atoms with Crippen LogP contribution in [0.3, 0.4) is 0 Å². The third-order valence-electron chi connectivity index (χ3n) is 2.13. The molecule has 0 aliphatic carbocycles. The number of rotatable bonds is 5. The smallest absolute Gasteiger partial charge is 0.268 e. The van der Waals surface area contributed by atoms with Crippen LogP contribution in [0.1, 0.15) is 12.5 Å². The second kappa shape index (κ2) is 7.34. The molecule has 1 aromatic carbocycles. The molecule has 0 bridgehead atoms. The molecule has 5 nitrogen and oxygen atoms in total. The lowest BCUT2D eigenvalue weighted by Gasteiger charge is -2.06. The average Bonchev–Trinajstić information content (AvgIpc) is 2.36. The van der Waals surface area contributed by atoms with Crippen molar-refractivity contribution in [3.8, 4) is 0 Å². The monoisotopic (exact) mass is 248 g/mol. The van der Waals surface area contributed by atoms with Gasteiger partial charge in [0.2, 0.25) is 5.91 Å². The highest BCUT2D eigenvalue weighted by Crippen LogP contribution is 1.97. The number of aliphatic imine (C=N–C) groups is 1. The molecular weight excluding hydrogens is 232 g/mol. The van der Waals surface area contributed by atoms with E-state index in [1.165, 1.54) is 14.0 Å². The van der Waals surface area contributed by atoms with E-state index >= 15 is 0 Å². The Labute approximate surface area is 106 Å². The van der Waals surface area contributed by atoms with Gasteiger partial charge in [0.1, 0.15) is 5.71 Å². The molecule has 0 saturated carbocycles. The summed E-state index contributed by atoms with van der Waals surface area (Å²) >= 11 is 0. The largest absolute Gasteiger partial charge is 0.378 e. The van der Waals surface area contributed by atoms with Crippen molar-refractivity contribution < 1.29 is 14.3 Å². The number of hydrogen-bond donors (Lipinski definition) is 1. The van der Waals surface area contributed by atoms with Crippen LogP contribution in [0.4, 0.5) is 0 Å². The molecule has 1 N–H and O–H groups in total. The normalized spacial score (nSPS) is 11.1. The summed E-state index contributed by atoms with van der Waals surface area (Å²) in [6, 6.07) is 9.48. The molecule has 0 saturated heterocycles. The van der Waals surface area contributed by atoms with Crippen LogP contribution < -0.4 is 5.32 Å². The van der Waals surface area contributed by atoms with E-state index in [4.69, 9.17) is 4.74 Å². The molecule has 1 rings (SSSR count). The second-order valence-corrected chi connectivity index (χ2v) is 3.68. The quantitative estimate of drug-likeness (QED) is 0.788. The minimum atomic E-state index is -0.420. The Morgan fingerprint density at radius 1 is 1.28 bits per heavy atom. The topological polar surface area (TPSA) is 67.8 Å². The van der Waals surface area contributed by atoms with Crippen molar-refractivity contribution in [2.45, 2.75) is 13.5 Å². The average molecular weight is 248 g/mol. The molecule has 0 aliphatic rings. The number of amides is 2. The van der Waals surface area contributed by atoms with E-state index < -0.39 is 11.8 Å². The van der Waals surface area contributed by atoms with Crippen LogP contribution >= 0.6 is 0 Å². The molecule has 0 radical (unpaired) electrons. The zero-order valence-electron chi connectivity index (χ0n) is 10.5. The molecule has 0 atom stereocenters. The summed E-state index contributed by atoms with van der Waals surface area (Å²) < 4.78 is 4.83. The minimum absolute atomic E-state index is 0.0141. The zero-order valence-corrected chi connectivity index (χ0v) is 10.5. The summed E-state index contributed by atoms with van der Waals surface area (Å²) in [5.74, 6) is -0.812. The standard InChI is InChI=1S/C13H16N2O3/c1-10(16)15-12(9-18-2)13(17)14-8-11-6-4-3-5-7-11/h3-7H,8-9H2,1-2H3,(H,14,17)/b15-12+. The second-order valence-electron chi connectivity index (χ2n) is 3.68. The zero-order chi connectivity index (χ0) is 13.4. The van der Waals surface area contributed by atoms with E-state index in [0.717, 1.165) is 5.56 Å². The molecule has 18 heavy (non-hydrogen) atoms. The van der Waals surface area contributed by atoms with Crippen molar-refractivity contribution in [2.24, 2.45) is 4.99 Å². The van der Waals surface area contributed by atoms with Crippen molar-refractivity contribution in [1.82, 2.24) is 5.32 Å². The van der Waals surface area contributed by atoms with Gasteiger partial charge in [-0.2, -0.15) is 0 Å². The van der Waals surface area contributed by atoms with Crippen molar-refractivity contribution in [1.29, 1.82) is 0 Å². The Bertz CT molecular complexity index is 441. The lowest BCUT2D eigenvalue weighted by Crippen LogP contribution is -2.33. The highest BCUT2D eigenvalue weighted by atomic mass is 16.5. The van der Waals surface area contributed by atoms with Crippen LogP contribution in [0.5, 0.6) is 0 Å². The molecule has 0 aromatic heterocycles. The van der Waals surface area contributed by atoms with E-state index in [2.05, 4.69) is 10.3 Å². The minimum Gasteiger partial charge on any atom is -0.378 e. The lowest BCUT2D eigenvalue weighted by atomic mass is 10.2. The summed E-state index contributed by atoms with van der Waals surface area (Å²) in [6.07, 6.45) is 0. The predicted octanol–water partition coefficient (Wildman–Crippen LogP) is 0.937. The van der Waals surface area contributed by atoms with Gasteiger partial charge in [0.25, 0.3) is 5.91 Å². The van der Waals surface area contributed by atoms with Gasteiger partial charge in [-0.1, -0.05) is 30.3 Å². The summed E-state index contributed by atoms with van der Waals surface area (Å²) in [6.45, 7) is 1.70. The summed E-state index contributed by atoms with van der Waals surface area (Å²) in [5.41, 5.74) is 1.06. The van der Waals surface area contributed by atoms with Gasteiger partial charge >= 0.3 is 0 Å². The van der Waals surface area contributed by atoms with Gasteiger partial charge in [0.05, 0.1) is 6.61 Å². The van der Waals surface area contributed by atoms with Crippen molar-refractivity contribution >= 4 is 17.5 Å². The van der Waals surface area contributed by atoms with E-state index in [1.807, 2.05) is 30.3 Å². The lowest BCUT2D eigenvalue weighted by molar-refractivity contribution is -0.118. The molecule has 5 heteroatoms. The van der Waals surface area contributed by atoms with Crippen molar-refractivity contribution in [3.05, 3.63) is 35.9 Å². The van der Waals surface area contributed by atoms with E-state index in [1.54, 1.807) is 0 Å². The maximum absolute atomic E-state index is 11.8. The third kappa shape index (κ3) is 4.88. The number of hydrogen-bond acceptors (Lipinski definition) is 3. The fourth-order valence-corrected chi connectivity index (χ4v) is 1.36. The van der Waals surface area contributed by atoms with E-state index in [9.17, 15) is 9.59 Å². The molecular formula is C13H16N2O3. The number of methoxy groups -OCH3 is 1. The first-order valence-corrected chi connectivity index (χ1v) is 5.52. The Balaban J connectivity index is 2.60. The van der Waals surface area contributed by atoms with Gasteiger partial charge in [-0.25, -0.2) is 4.99 Å². The number of carbonyl (C=O) groups excluding carboxylic acids is 2. The van der Waals surface area contributed by atoms with Crippen LogP contribution in [-0.4, -0.2) is 31.2 Å². The maximum atomic E-state index is 11.8. The highest BCUT2D eigenvalue weighted by molar-refractivity contribution is 6.40. The first-order valence-electron chi connectivity index (χ1n) is 5.52. The van der Waals surface area contributed by atoms with Crippen LogP contribution in [0.2, 0.25) is 0 Å². The van der Waals surface area contributed by atoms with Crippen LogP contribution in [0, 0.1) is 0 Å². The van der Waals surface area contributed by atoms with Crippen LogP contribution in [-0.2, 0) is 20.9 Å². The molecule has 2 amide bonds. The molecule has 96 valence electrons. The first-order chi connectivity index (χ1) is 8.63. The molecule has 0 unspecified atom stereocenters. The van der Waals surface area contributed by atoms with E-state index in [0.29, 0.717) is 6.54 Å². The molecule has 1 aromatic rings. The van der Waals surface area contributed by atoms with E-state index in [-0.39, 0.29) is 12.3 Å². The number of nitrogens with one attached hydrogen (secondary N) is 1. The Morgan fingerprint density at radius 2 is 1.94 bits per heavy atom. The van der Waals surface area contributed by atoms with Gasteiger partial charge < -0.3 is 10.1 Å². The third-order valence-corrected chi connectivity index (χ3v) is 2.13. The fraction of sp³-hybridized carbons (Fsp3) is 0.308. The van der Waals surface area contributed by atoms with Gasteiger partial charge in [-0.15, -0.1) is 0 Å². The number of carbonyl (C=O) groups is 2. The van der Waals surface area contributed by atoms with Crippen molar-refractivity contribution in [2.75, 3.05) is 13.7 Å². The first kappa shape index (κ1) is 14.1. The van der Waals surface area contributed by atoms with Crippen LogP contribution in [0.15, 0.2) is 35.3 Å². The fourth-order valence-electron chi connectivity index (χ4n) is 1.36.